The fraction of sp³-hybridized carbons (Fsp3) is 0.500. The molecule has 132 valence electrons. The minimum atomic E-state index is -4.32. The van der Waals surface area contributed by atoms with Gasteiger partial charge in [-0.25, -0.2) is 0 Å². The van der Waals surface area contributed by atoms with Gasteiger partial charge in [0.15, 0.2) is 0 Å². The average molecular weight is 359 g/mol. The van der Waals surface area contributed by atoms with Crippen molar-refractivity contribution >= 4 is 11.6 Å². The molecule has 0 spiro atoms. The Kier molecular flexibility index (Phi) is 6.33. The van der Waals surface area contributed by atoms with Gasteiger partial charge in [-0.15, -0.1) is 0 Å². The van der Waals surface area contributed by atoms with E-state index in [1.807, 2.05) is 19.1 Å². The largest absolute Gasteiger partial charge is 0.394 e. The number of hydrogen-bond donors (Lipinski definition) is 1. The maximum absolute atomic E-state index is 12.6. The Balaban J connectivity index is 2.22. The van der Waals surface area contributed by atoms with E-state index in [4.69, 9.17) is 11.6 Å². The summed E-state index contributed by atoms with van der Waals surface area (Å²) in [6.45, 7) is 4.08. The number of unbranched alkanes of at least 4 members (excludes halogenated alkanes) is 3. The number of aromatic amines is 1. The minimum Gasteiger partial charge on any atom is -0.280 e. The van der Waals surface area contributed by atoms with Gasteiger partial charge in [0, 0.05) is 5.56 Å². The molecular weight excluding hydrogens is 337 g/mol. The van der Waals surface area contributed by atoms with E-state index in [0.29, 0.717) is 5.69 Å². The second-order valence-corrected chi connectivity index (χ2v) is 6.49. The molecule has 1 heterocycles. The Bertz CT molecular complexity index is 677. The Morgan fingerprint density at radius 2 is 1.92 bits per heavy atom. The third-order valence-electron chi connectivity index (χ3n) is 4.03. The van der Waals surface area contributed by atoms with Crippen molar-refractivity contribution in [2.75, 3.05) is 0 Å². The van der Waals surface area contributed by atoms with Gasteiger partial charge in [-0.1, -0.05) is 49.9 Å². The van der Waals surface area contributed by atoms with Crippen molar-refractivity contribution < 1.29 is 13.2 Å². The molecule has 0 fully saturated rings. The zero-order valence-corrected chi connectivity index (χ0v) is 14.7. The summed E-state index contributed by atoms with van der Waals surface area (Å²) in [6, 6.07) is 6.02. The molecule has 0 saturated heterocycles. The van der Waals surface area contributed by atoms with Gasteiger partial charge in [-0.3, -0.25) is 5.10 Å². The van der Waals surface area contributed by atoms with Gasteiger partial charge in [-0.2, -0.15) is 18.3 Å². The number of benzene rings is 1. The highest BCUT2D eigenvalue weighted by atomic mass is 35.5. The summed E-state index contributed by atoms with van der Waals surface area (Å²) in [5.41, 5.74) is 3.19. The normalized spacial score (nSPS) is 11.9. The molecule has 0 aliphatic heterocycles. The zero-order valence-electron chi connectivity index (χ0n) is 13.9. The van der Waals surface area contributed by atoms with Crippen LogP contribution < -0.4 is 0 Å². The standard InChI is InChI=1S/C18H22ClF3N2/c1-3-4-5-6-7-13-9-8-12(2)14(10-13)17-16(19)15(23-24-17)11-18(20,21)22/h8-10H,3-7,11H2,1-2H3,(H,23,24). The van der Waals surface area contributed by atoms with Crippen LogP contribution in [0.2, 0.25) is 5.02 Å². The number of aryl methyl sites for hydroxylation is 2. The third kappa shape index (κ3) is 5.00. The Labute approximate surface area is 145 Å². The summed E-state index contributed by atoms with van der Waals surface area (Å²) in [7, 11) is 0. The highest BCUT2D eigenvalue weighted by molar-refractivity contribution is 6.33. The maximum atomic E-state index is 12.6. The Morgan fingerprint density at radius 1 is 1.17 bits per heavy atom. The number of halogens is 4. The van der Waals surface area contributed by atoms with Crippen molar-refractivity contribution in [2.24, 2.45) is 0 Å². The second-order valence-electron chi connectivity index (χ2n) is 6.12. The summed E-state index contributed by atoms with van der Waals surface area (Å²) in [5.74, 6) is 0. The smallest absolute Gasteiger partial charge is 0.280 e. The molecule has 24 heavy (non-hydrogen) atoms. The number of nitrogens with zero attached hydrogens (tertiary/aromatic N) is 1. The van der Waals surface area contributed by atoms with Crippen molar-refractivity contribution in [2.45, 2.75) is 58.5 Å². The Hall–Kier alpha value is -1.49. The first kappa shape index (κ1) is 18.8. The highest BCUT2D eigenvalue weighted by Gasteiger charge is 2.31. The molecule has 2 rings (SSSR count). The summed E-state index contributed by atoms with van der Waals surface area (Å²) in [4.78, 5) is 0. The molecule has 0 aliphatic rings. The van der Waals surface area contributed by atoms with Crippen LogP contribution in [0.4, 0.5) is 13.2 Å². The van der Waals surface area contributed by atoms with E-state index < -0.39 is 12.6 Å². The molecule has 2 nitrogen and oxygen atoms in total. The quantitative estimate of drug-likeness (QED) is 0.581. The summed E-state index contributed by atoms with van der Waals surface area (Å²) in [5, 5.41) is 6.51. The molecule has 0 radical (unpaired) electrons. The van der Waals surface area contributed by atoms with Crippen molar-refractivity contribution in [1.82, 2.24) is 10.2 Å². The number of hydrogen-bond acceptors (Lipinski definition) is 1. The van der Waals surface area contributed by atoms with Crippen LogP contribution >= 0.6 is 11.6 Å². The molecular formula is C18H22ClF3N2. The molecule has 0 bridgehead atoms. The SMILES string of the molecule is CCCCCCc1ccc(C)c(-c2n[nH]c(CC(F)(F)F)c2Cl)c1. The molecule has 2 aromatic rings. The molecule has 0 unspecified atom stereocenters. The van der Waals surface area contributed by atoms with Crippen LogP contribution in [0.15, 0.2) is 18.2 Å². The predicted molar refractivity (Wildman–Crippen MR) is 91.4 cm³/mol. The monoisotopic (exact) mass is 358 g/mol. The number of H-pyrrole nitrogens is 1. The minimum absolute atomic E-state index is 0.0542. The lowest BCUT2D eigenvalue weighted by Gasteiger charge is -2.08. The fourth-order valence-corrected chi connectivity index (χ4v) is 2.95. The number of aromatic nitrogens is 2. The van der Waals surface area contributed by atoms with Crippen LogP contribution in [-0.4, -0.2) is 16.4 Å². The van der Waals surface area contributed by atoms with Crippen LogP contribution in [-0.2, 0) is 12.8 Å². The van der Waals surface area contributed by atoms with E-state index in [0.717, 1.165) is 29.5 Å². The molecule has 0 atom stereocenters. The molecule has 1 aromatic carbocycles. The van der Waals surface area contributed by atoms with Crippen molar-refractivity contribution in [1.29, 1.82) is 0 Å². The van der Waals surface area contributed by atoms with E-state index in [1.54, 1.807) is 0 Å². The van der Waals surface area contributed by atoms with Crippen molar-refractivity contribution in [3.05, 3.63) is 40.0 Å². The van der Waals surface area contributed by atoms with Gasteiger partial charge in [0.05, 0.1) is 17.1 Å². The molecule has 0 aliphatic carbocycles. The molecule has 0 amide bonds. The predicted octanol–water partition coefficient (Wildman–Crippen LogP) is 6.27. The first-order valence-corrected chi connectivity index (χ1v) is 8.59. The lowest BCUT2D eigenvalue weighted by molar-refractivity contribution is -0.127. The maximum Gasteiger partial charge on any atom is 0.394 e. The van der Waals surface area contributed by atoms with Gasteiger partial charge in [-0.05, 0) is 37.0 Å². The first-order chi connectivity index (χ1) is 11.3. The highest BCUT2D eigenvalue weighted by Crippen LogP contribution is 2.34. The van der Waals surface area contributed by atoms with E-state index in [-0.39, 0.29) is 10.7 Å². The fourth-order valence-electron chi connectivity index (χ4n) is 2.70. The lowest BCUT2D eigenvalue weighted by atomic mass is 9.98. The van der Waals surface area contributed by atoms with Gasteiger partial charge in [0.25, 0.3) is 0 Å². The molecule has 6 heteroatoms. The van der Waals surface area contributed by atoms with E-state index in [9.17, 15) is 13.2 Å². The lowest BCUT2D eigenvalue weighted by Crippen LogP contribution is -2.12. The van der Waals surface area contributed by atoms with Gasteiger partial charge >= 0.3 is 6.18 Å². The topological polar surface area (TPSA) is 28.7 Å². The summed E-state index contributed by atoms with van der Waals surface area (Å²) in [6.07, 6.45) is 0.209. The van der Waals surface area contributed by atoms with Gasteiger partial charge < -0.3 is 0 Å². The number of rotatable bonds is 7. The van der Waals surface area contributed by atoms with Crippen LogP contribution in [0.1, 0.15) is 49.4 Å². The molecule has 1 N–H and O–H groups in total. The van der Waals surface area contributed by atoms with Crippen molar-refractivity contribution in [3.63, 3.8) is 0 Å². The Morgan fingerprint density at radius 3 is 2.58 bits per heavy atom. The van der Waals surface area contributed by atoms with Crippen LogP contribution in [0.25, 0.3) is 11.3 Å². The van der Waals surface area contributed by atoms with E-state index >= 15 is 0 Å². The summed E-state index contributed by atoms with van der Waals surface area (Å²) >= 11 is 6.14. The third-order valence-corrected chi connectivity index (χ3v) is 4.44. The second kappa shape index (κ2) is 8.06. The number of nitrogens with one attached hydrogen (secondary N) is 1. The van der Waals surface area contributed by atoms with Crippen molar-refractivity contribution in [3.8, 4) is 11.3 Å². The van der Waals surface area contributed by atoms with Gasteiger partial charge in [0.2, 0.25) is 0 Å². The van der Waals surface area contributed by atoms with E-state index in [2.05, 4.69) is 23.2 Å². The van der Waals surface area contributed by atoms with E-state index in [1.165, 1.54) is 19.3 Å². The molecule has 0 saturated carbocycles. The van der Waals surface area contributed by atoms with Gasteiger partial charge in [0.1, 0.15) is 5.69 Å². The average Bonchev–Trinajstić information content (AvgIpc) is 2.84. The first-order valence-electron chi connectivity index (χ1n) is 8.21. The number of alkyl halides is 3. The zero-order chi connectivity index (χ0) is 17.7. The molecule has 1 aromatic heterocycles. The van der Waals surface area contributed by atoms with Crippen LogP contribution in [0.5, 0.6) is 0 Å². The van der Waals surface area contributed by atoms with Crippen LogP contribution in [0, 0.1) is 6.92 Å². The van der Waals surface area contributed by atoms with Crippen LogP contribution in [0.3, 0.4) is 0 Å². The summed E-state index contributed by atoms with van der Waals surface area (Å²) < 4.78 is 37.7.